The number of carboxylic acids is 1. The third-order valence-electron chi connectivity index (χ3n) is 5.46. The van der Waals surface area contributed by atoms with Gasteiger partial charge in [0, 0.05) is 29.9 Å². The summed E-state index contributed by atoms with van der Waals surface area (Å²) in [5.41, 5.74) is 2.04. The van der Waals surface area contributed by atoms with Gasteiger partial charge < -0.3 is 20.5 Å². The molecule has 0 radical (unpaired) electrons. The molecule has 2 aromatic heterocycles. The second-order valence-corrected chi connectivity index (χ2v) is 7.92. The molecule has 0 saturated carbocycles. The molecule has 1 aliphatic heterocycles. The molecule has 0 bridgehead atoms. The first kappa shape index (κ1) is 21.3. The minimum Gasteiger partial charge on any atom is -0.478 e. The molecule has 1 saturated heterocycles. The van der Waals surface area contributed by atoms with Crippen LogP contribution in [0.3, 0.4) is 0 Å². The maximum Gasteiger partial charge on any atom is 0.337 e. The van der Waals surface area contributed by atoms with Crippen LogP contribution in [0.2, 0.25) is 0 Å². The summed E-state index contributed by atoms with van der Waals surface area (Å²) in [4.78, 5) is 29.3. The van der Waals surface area contributed by atoms with E-state index in [1.807, 2.05) is 26.0 Å². The molecule has 1 fully saturated rings. The largest absolute Gasteiger partial charge is 0.478 e. The standard InChI is InChI=1S/C23H23N5O4/c1-13-7-17(14(2)26-19-6-4-3-5-16(19)23(30)31)21-27-20(25-9-15-11-32-12-15)18(8-24)22(29)28(21)10-13/h3-7,10,14-15,25-26H,9,11-12H2,1-2H3,(H,30,31)/t14-/m1/s1. The smallest absolute Gasteiger partial charge is 0.337 e. The fourth-order valence-electron chi connectivity index (χ4n) is 3.70. The molecule has 1 aromatic carbocycles. The number of carboxylic acid groups (broad SMARTS) is 1. The van der Waals surface area contributed by atoms with Crippen LogP contribution < -0.4 is 16.2 Å². The van der Waals surface area contributed by atoms with Crippen LogP contribution in [0.1, 0.15) is 40.0 Å². The number of hydrogen-bond acceptors (Lipinski definition) is 7. The quantitative estimate of drug-likeness (QED) is 0.519. The Bertz CT molecular complexity index is 1290. The van der Waals surface area contributed by atoms with Crippen LogP contribution >= 0.6 is 0 Å². The predicted molar refractivity (Wildman–Crippen MR) is 119 cm³/mol. The monoisotopic (exact) mass is 433 g/mol. The number of carbonyl (C=O) groups is 1. The van der Waals surface area contributed by atoms with Crippen LogP contribution in [-0.2, 0) is 4.74 Å². The maximum absolute atomic E-state index is 13.1. The lowest BCUT2D eigenvalue weighted by Gasteiger charge is -2.26. The van der Waals surface area contributed by atoms with Gasteiger partial charge in [-0.05, 0) is 37.6 Å². The minimum absolute atomic E-state index is 0.0453. The molecule has 4 rings (SSSR count). The van der Waals surface area contributed by atoms with Crippen molar-refractivity contribution in [3.63, 3.8) is 0 Å². The normalized spacial score (nSPS) is 14.4. The van der Waals surface area contributed by atoms with Crippen molar-refractivity contribution in [2.24, 2.45) is 5.92 Å². The Kier molecular flexibility index (Phi) is 5.79. The number of aromatic carboxylic acids is 1. The molecule has 0 unspecified atom stereocenters. The highest BCUT2D eigenvalue weighted by molar-refractivity contribution is 5.94. The minimum atomic E-state index is -1.03. The first-order valence-electron chi connectivity index (χ1n) is 10.3. The molecule has 164 valence electrons. The molecule has 0 aliphatic carbocycles. The Labute approximate surface area is 184 Å². The van der Waals surface area contributed by atoms with Crippen molar-refractivity contribution >= 4 is 23.1 Å². The number of ether oxygens (including phenoxy) is 1. The van der Waals surface area contributed by atoms with Crippen LogP contribution in [-0.4, -0.2) is 40.2 Å². The number of pyridine rings is 1. The van der Waals surface area contributed by atoms with Crippen molar-refractivity contribution in [2.45, 2.75) is 19.9 Å². The van der Waals surface area contributed by atoms with Crippen LogP contribution in [0.25, 0.3) is 5.65 Å². The molecule has 9 heteroatoms. The fourth-order valence-corrected chi connectivity index (χ4v) is 3.70. The van der Waals surface area contributed by atoms with Gasteiger partial charge in [0.2, 0.25) is 0 Å². The van der Waals surface area contributed by atoms with Gasteiger partial charge in [0.25, 0.3) is 5.56 Å². The molecule has 1 atom stereocenters. The van der Waals surface area contributed by atoms with E-state index >= 15 is 0 Å². The zero-order valence-corrected chi connectivity index (χ0v) is 17.8. The lowest BCUT2D eigenvalue weighted by Crippen LogP contribution is -2.34. The van der Waals surface area contributed by atoms with Gasteiger partial charge in [0.05, 0.1) is 24.8 Å². The molecule has 0 spiro atoms. The van der Waals surface area contributed by atoms with E-state index in [9.17, 15) is 20.0 Å². The van der Waals surface area contributed by atoms with E-state index in [0.717, 1.165) is 5.56 Å². The van der Waals surface area contributed by atoms with Gasteiger partial charge >= 0.3 is 5.97 Å². The van der Waals surface area contributed by atoms with Gasteiger partial charge in [-0.15, -0.1) is 0 Å². The number of nitriles is 1. The molecular weight excluding hydrogens is 410 g/mol. The van der Waals surface area contributed by atoms with Gasteiger partial charge in [0.1, 0.15) is 11.7 Å². The number of fused-ring (bicyclic) bond motifs is 1. The highest BCUT2D eigenvalue weighted by Crippen LogP contribution is 2.26. The van der Waals surface area contributed by atoms with E-state index in [0.29, 0.717) is 42.6 Å². The van der Waals surface area contributed by atoms with E-state index in [-0.39, 0.29) is 23.0 Å². The van der Waals surface area contributed by atoms with Crippen LogP contribution in [0.5, 0.6) is 0 Å². The Morgan fingerprint density at radius 2 is 2.16 bits per heavy atom. The predicted octanol–water partition coefficient (Wildman–Crippen LogP) is 2.80. The van der Waals surface area contributed by atoms with Crippen molar-refractivity contribution in [1.82, 2.24) is 9.38 Å². The zero-order valence-electron chi connectivity index (χ0n) is 17.8. The molecule has 1 aliphatic rings. The third kappa shape index (κ3) is 4.00. The Morgan fingerprint density at radius 3 is 2.81 bits per heavy atom. The number of benzene rings is 1. The summed E-state index contributed by atoms with van der Waals surface area (Å²) in [5.74, 6) is -0.478. The zero-order chi connectivity index (χ0) is 22.8. The summed E-state index contributed by atoms with van der Waals surface area (Å²) in [6.45, 7) is 5.54. The highest BCUT2D eigenvalue weighted by Gasteiger charge is 2.22. The van der Waals surface area contributed by atoms with E-state index in [2.05, 4.69) is 15.6 Å². The topological polar surface area (TPSA) is 129 Å². The van der Waals surface area contributed by atoms with Crippen molar-refractivity contribution in [2.75, 3.05) is 30.4 Å². The van der Waals surface area contributed by atoms with Gasteiger partial charge in [-0.2, -0.15) is 5.26 Å². The van der Waals surface area contributed by atoms with Crippen molar-refractivity contribution in [3.8, 4) is 6.07 Å². The summed E-state index contributed by atoms with van der Waals surface area (Å²) in [6.07, 6.45) is 1.65. The molecule has 9 nitrogen and oxygen atoms in total. The molecule has 3 heterocycles. The first-order valence-corrected chi connectivity index (χ1v) is 10.3. The van der Waals surface area contributed by atoms with E-state index in [1.165, 1.54) is 10.5 Å². The Balaban J connectivity index is 1.78. The Hall–Kier alpha value is -3.90. The number of nitrogens with zero attached hydrogens (tertiary/aromatic N) is 3. The number of para-hydroxylation sites is 1. The third-order valence-corrected chi connectivity index (χ3v) is 5.46. The molecule has 3 aromatic rings. The average Bonchev–Trinajstić information content (AvgIpc) is 2.73. The number of rotatable bonds is 7. The summed E-state index contributed by atoms with van der Waals surface area (Å²) in [5, 5.41) is 25.4. The van der Waals surface area contributed by atoms with Crippen LogP contribution in [0.15, 0.2) is 41.3 Å². The molecule has 32 heavy (non-hydrogen) atoms. The van der Waals surface area contributed by atoms with E-state index in [4.69, 9.17) is 4.74 Å². The lowest BCUT2D eigenvalue weighted by atomic mass is 10.1. The van der Waals surface area contributed by atoms with Crippen molar-refractivity contribution in [3.05, 3.63) is 69.1 Å². The van der Waals surface area contributed by atoms with E-state index < -0.39 is 11.5 Å². The number of aromatic nitrogens is 2. The van der Waals surface area contributed by atoms with Crippen LogP contribution in [0.4, 0.5) is 11.5 Å². The van der Waals surface area contributed by atoms with Gasteiger partial charge in [0.15, 0.2) is 11.4 Å². The number of aryl methyl sites for hydroxylation is 1. The molecule has 3 N–H and O–H groups in total. The summed E-state index contributed by atoms with van der Waals surface area (Å²) in [7, 11) is 0. The fraction of sp³-hybridized carbons (Fsp3) is 0.304. The Morgan fingerprint density at radius 1 is 1.41 bits per heavy atom. The van der Waals surface area contributed by atoms with Crippen molar-refractivity contribution in [1.29, 1.82) is 5.26 Å². The van der Waals surface area contributed by atoms with Crippen LogP contribution in [0, 0.1) is 24.2 Å². The maximum atomic E-state index is 13.1. The summed E-state index contributed by atoms with van der Waals surface area (Å²) >= 11 is 0. The molecular formula is C23H23N5O4. The second kappa shape index (κ2) is 8.69. The lowest BCUT2D eigenvalue weighted by molar-refractivity contribution is -0.0248. The second-order valence-electron chi connectivity index (χ2n) is 7.92. The number of nitrogens with one attached hydrogen (secondary N) is 2. The van der Waals surface area contributed by atoms with Gasteiger partial charge in [-0.3, -0.25) is 9.20 Å². The SMILES string of the molecule is Cc1cc([C@@H](C)Nc2ccccc2C(=O)O)c2nc(NCC3COC3)c(C#N)c(=O)n2c1. The van der Waals surface area contributed by atoms with Gasteiger partial charge in [-0.1, -0.05) is 12.1 Å². The molecule has 0 amide bonds. The average molecular weight is 433 g/mol. The first-order chi connectivity index (χ1) is 15.4. The van der Waals surface area contributed by atoms with Crippen molar-refractivity contribution < 1.29 is 14.6 Å². The number of hydrogen-bond donors (Lipinski definition) is 3. The summed E-state index contributed by atoms with van der Waals surface area (Å²) < 4.78 is 6.56. The summed E-state index contributed by atoms with van der Waals surface area (Å²) in [6, 6.07) is 10.2. The van der Waals surface area contributed by atoms with E-state index in [1.54, 1.807) is 24.4 Å². The highest BCUT2D eigenvalue weighted by atomic mass is 16.5. The van der Waals surface area contributed by atoms with Gasteiger partial charge in [-0.25, -0.2) is 9.78 Å². The number of anilines is 2.